The van der Waals surface area contributed by atoms with Crippen LogP contribution in [0.4, 0.5) is 0 Å². The number of nitrogens with zero attached hydrogens (tertiary/aromatic N) is 3. The third kappa shape index (κ3) is 4.45. The molecule has 0 bridgehead atoms. The van der Waals surface area contributed by atoms with Gasteiger partial charge in [0, 0.05) is 50.8 Å². The molecule has 0 spiro atoms. The highest BCUT2D eigenvalue weighted by Crippen LogP contribution is 2.39. The maximum atomic E-state index is 12.8. The molecule has 2 amide bonds. The molecule has 2 aromatic heterocycles. The number of rotatable bonds is 7. The highest BCUT2D eigenvalue weighted by molar-refractivity contribution is 7.20. The van der Waals surface area contributed by atoms with E-state index in [-0.39, 0.29) is 24.3 Å². The number of ether oxygens (including phenoxy) is 1. The van der Waals surface area contributed by atoms with Gasteiger partial charge in [-0.15, -0.1) is 11.3 Å². The summed E-state index contributed by atoms with van der Waals surface area (Å²) in [5, 5.41) is 4.03. The first kappa shape index (κ1) is 19.7. The Hall–Kier alpha value is -2.03. The molecular weight excluding hydrogens is 364 g/mol. The van der Waals surface area contributed by atoms with E-state index in [4.69, 9.17) is 4.74 Å². The van der Waals surface area contributed by atoms with E-state index in [0.29, 0.717) is 24.5 Å². The van der Waals surface area contributed by atoms with Crippen molar-refractivity contribution < 1.29 is 14.3 Å². The van der Waals surface area contributed by atoms with Crippen molar-refractivity contribution in [1.82, 2.24) is 20.1 Å². The van der Waals surface area contributed by atoms with Crippen molar-refractivity contribution in [2.45, 2.75) is 12.3 Å². The van der Waals surface area contributed by atoms with E-state index >= 15 is 0 Å². The minimum Gasteiger partial charge on any atom is -0.375 e. The largest absolute Gasteiger partial charge is 0.375 e. The second kappa shape index (κ2) is 8.77. The van der Waals surface area contributed by atoms with Crippen molar-refractivity contribution >= 4 is 33.4 Å². The van der Waals surface area contributed by atoms with Gasteiger partial charge in [-0.05, 0) is 32.1 Å². The van der Waals surface area contributed by atoms with Crippen molar-refractivity contribution in [3.63, 3.8) is 0 Å². The lowest BCUT2D eigenvalue weighted by molar-refractivity contribution is -0.134. The fourth-order valence-electron chi connectivity index (χ4n) is 3.44. The van der Waals surface area contributed by atoms with Gasteiger partial charge in [0.1, 0.15) is 11.4 Å². The summed E-state index contributed by atoms with van der Waals surface area (Å²) in [7, 11) is 5.48. The number of carbonyl (C=O) groups is 2. The molecule has 1 aliphatic rings. The van der Waals surface area contributed by atoms with Crippen molar-refractivity contribution in [2.75, 3.05) is 54.0 Å². The minimum atomic E-state index is -0.0588. The predicted molar refractivity (Wildman–Crippen MR) is 106 cm³/mol. The van der Waals surface area contributed by atoms with Gasteiger partial charge in [-0.1, -0.05) is 6.07 Å². The Morgan fingerprint density at radius 2 is 2.26 bits per heavy atom. The average Bonchev–Trinajstić information content (AvgIpc) is 3.26. The van der Waals surface area contributed by atoms with Gasteiger partial charge < -0.3 is 19.9 Å². The smallest absolute Gasteiger partial charge is 0.261 e. The molecule has 1 fully saturated rings. The number of fused-ring (bicyclic) bond motifs is 1. The molecule has 0 aliphatic carbocycles. The zero-order chi connectivity index (χ0) is 19.4. The zero-order valence-electron chi connectivity index (χ0n) is 16.0. The number of hydrogen-bond donors (Lipinski definition) is 1. The normalized spacial score (nSPS) is 17.0. The lowest BCUT2D eigenvalue weighted by atomic mass is 9.95. The summed E-state index contributed by atoms with van der Waals surface area (Å²) in [6, 6.07) is 3.92. The van der Waals surface area contributed by atoms with Crippen LogP contribution in [0.2, 0.25) is 0 Å². The molecule has 3 heterocycles. The Labute approximate surface area is 163 Å². The minimum absolute atomic E-state index is 0.00496. The molecule has 3 rings (SSSR count). The molecular formula is C19H26N4O3S. The summed E-state index contributed by atoms with van der Waals surface area (Å²) < 4.78 is 4.97. The molecule has 27 heavy (non-hydrogen) atoms. The van der Waals surface area contributed by atoms with E-state index in [0.717, 1.165) is 28.7 Å². The van der Waals surface area contributed by atoms with Crippen LogP contribution >= 0.6 is 11.3 Å². The van der Waals surface area contributed by atoms with E-state index < -0.39 is 0 Å². The van der Waals surface area contributed by atoms with Gasteiger partial charge in [-0.3, -0.25) is 9.59 Å². The highest BCUT2D eigenvalue weighted by Gasteiger charge is 2.32. The third-order valence-corrected chi connectivity index (χ3v) is 5.90. The monoisotopic (exact) mass is 390 g/mol. The molecule has 1 N–H and O–H groups in total. The molecule has 0 radical (unpaired) electrons. The summed E-state index contributed by atoms with van der Waals surface area (Å²) in [5.74, 6) is 0.0736. The van der Waals surface area contributed by atoms with Gasteiger partial charge in [0.15, 0.2) is 0 Å². The van der Waals surface area contributed by atoms with Gasteiger partial charge in [-0.2, -0.15) is 0 Å². The second-order valence-electron chi connectivity index (χ2n) is 7.02. The van der Waals surface area contributed by atoms with E-state index in [1.165, 1.54) is 18.4 Å². The summed E-state index contributed by atoms with van der Waals surface area (Å²) in [6.45, 7) is 2.77. The van der Waals surface area contributed by atoms with Gasteiger partial charge in [0.25, 0.3) is 5.91 Å². The molecule has 0 aromatic carbocycles. The first-order valence-corrected chi connectivity index (χ1v) is 9.90. The number of hydrogen-bond acceptors (Lipinski definition) is 6. The van der Waals surface area contributed by atoms with Crippen molar-refractivity contribution in [3.05, 3.63) is 28.8 Å². The number of nitrogens with one attached hydrogen (secondary N) is 1. The summed E-state index contributed by atoms with van der Waals surface area (Å²) in [4.78, 5) is 34.9. The van der Waals surface area contributed by atoms with Crippen molar-refractivity contribution in [2.24, 2.45) is 0 Å². The van der Waals surface area contributed by atoms with Gasteiger partial charge >= 0.3 is 0 Å². The molecule has 1 saturated heterocycles. The SMILES string of the molecule is COCC(=O)N1CC[C@H](c2c(C(=O)NCCN(C)C)sc3ncccc23)C1. The summed E-state index contributed by atoms with van der Waals surface area (Å²) in [5.41, 5.74) is 1.03. The number of likely N-dealkylation sites (N-methyl/N-ethyl adjacent to an activating group) is 1. The van der Waals surface area contributed by atoms with Gasteiger partial charge in [0.2, 0.25) is 5.91 Å². The van der Waals surface area contributed by atoms with Gasteiger partial charge in [-0.25, -0.2) is 4.98 Å². The Morgan fingerprint density at radius 1 is 1.44 bits per heavy atom. The molecule has 0 saturated carbocycles. The van der Waals surface area contributed by atoms with Crippen molar-refractivity contribution in [3.8, 4) is 0 Å². The number of pyridine rings is 1. The maximum absolute atomic E-state index is 12.8. The number of likely N-dealkylation sites (tertiary alicyclic amines) is 1. The quantitative estimate of drug-likeness (QED) is 0.776. The van der Waals surface area contributed by atoms with Crippen LogP contribution in [-0.2, 0) is 9.53 Å². The maximum Gasteiger partial charge on any atom is 0.261 e. The average molecular weight is 391 g/mol. The first-order valence-electron chi connectivity index (χ1n) is 9.08. The van der Waals surface area contributed by atoms with Crippen LogP contribution in [0.3, 0.4) is 0 Å². The van der Waals surface area contributed by atoms with Crippen LogP contribution in [-0.4, -0.2) is 80.6 Å². The molecule has 8 heteroatoms. The first-order chi connectivity index (χ1) is 13.0. The van der Waals surface area contributed by atoms with Crippen LogP contribution in [0, 0.1) is 0 Å². The third-order valence-electron chi connectivity index (χ3n) is 4.77. The van der Waals surface area contributed by atoms with E-state index in [1.54, 1.807) is 6.20 Å². The second-order valence-corrected chi connectivity index (χ2v) is 8.02. The summed E-state index contributed by atoms with van der Waals surface area (Å²) in [6.07, 6.45) is 2.59. The van der Waals surface area contributed by atoms with Crippen molar-refractivity contribution in [1.29, 1.82) is 0 Å². The van der Waals surface area contributed by atoms with Gasteiger partial charge in [0.05, 0.1) is 4.88 Å². The van der Waals surface area contributed by atoms with Crippen LogP contribution in [0.15, 0.2) is 18.3 Å². The topological polar surface area (TPSA) is 74.8 Å². The lowest BCUT2D eigenvalue weighted by Gasteiger charge is -2.17. The summed E-state index contributed by atoms with van der Waals surface area (Å²) >= 11 is 1.43. The number of thiophene rings is 1. The van der Waals surface area contributed by atoms with E-state index in [9.17, 15) is 9.59 Å². The number of amides is 2. The number of carbonyl (C=O) groups excluding carboxylic acids is 2. The van der Waals surface area contributed by atoms with Crippen LogP contribution < -0.4 is 5.32 Å². The highest BCUT2D eigenvalue weighted by atomic mass is 32.1. The van der Waals surface area contributed by atoms with Crippen LogP contribution in [0.25, 0.3) is 10.2 Å². The molecule has 1 atom stereocenters. The van der Waals surface area contributed by atoms with Crippen LogP contribution in [0.1, 0.15) is 27.6 Å². The zero-order valence-corrected chi connectivity index (χ0v) is 16.8. The lowest BCUT2D eigenvalue weighted by Crippen LogP contribution is -2.32. The Kier molecular flexibility index (Phi) is 6.41. The van der Waals surface area contributed by atoms with E-state index in [2.05, 4.69) is 10.3 Å². The molecule has 146 valence electrons. The fraction of sp³-hybridized carbons (Fsp3) is 0.526. The standard InChI is InChI=1S/C19H26N4O3S/c1-22(2)10-8-20-18(25)17-16(14-5-4-7-21-19(14)27-17)13-6-9-23(11-13)15(24)12-26-3/h4-5,7,13H,6,8-12H2,1-3H3,(H,20,25)/t13-/m0/s1. The molecule has 1 aliphatic heterocycles. The fourth-order valence-corrected chi connectivity index (χ4v) is 4.58. The Balaban J connectivity index is 1.85. The Bertz CT molecular complexity index is 820. The molecule has 7 nitrogen and oxygen atoms in total. The van der Waals surface area contributed by atoms with E-state index in [1.807, 2.05) is 36.0 Å². The molecule has 0 unspecified atom stereocenters. The predicted octanol–water partition coefficient (Wildman–Crippen LogP) is 1.55. The number of methoxy groups -OCH3 is 1. The Morgan fingerprint density at radius 3 is 3.00 bits per heavy atom. The van der Waals surface area contributed by atoms with Crippen LogP contribution in [0.5, 0.6) is 0 Å². The number of aromatic nitrogens is 1. The molecule has 2 aromatic rings.